The minimum atomic E-state index is -4.54. The van der Waals surface area contributed by atoms with Crippen molar-refractivity contribution >= 4 is 5.97 Å². The SMILES string of the molecule is C1CCC(NC2CCCCC2)CC1.CC(C)c1ccc(OC(Cc2ccccc2C(F)(F)F)C(=O)O)cc1. The number of ether oxygens (including phenoxy) is 1. The summed E-state index contributed by atoms with van der Waals surface area (Å²) in [6.45, 7) is 4.04. The highest BCUT2D eigenvalue weighted by Gasteiger charge is 2.34. The molecule has 4 rings (SSSR count). The lowest BCUT2D eigenvalue weighted by Gasteiger charge is -2.30. The topological polar surface area (TPSA) is 58.6 Å². The molecule has 2 fully saturated rings. The van der Waals surface area contributed by atoms with Gasteiger partial charge in [-0.05, 0) is 60.9 Å². The van der Waals surface area contributed by atoms with Crippen molar-refractivity contribution in [2.45, 2.75) is 115 Å². The quantitative estimate of drug-likeness (QED) is 0.360. The molecule has 4 nitrogen and oxygen atoms in total. The Labute approximate surface area is 225 Å². The van der Waals surface area contributed by atoms with E-state index in [1.54, 1.807) is 12.1 Å². The van der Waals surface area contributed by atoms with E-state index in [1.165, 1.54) is 82.4 Å². The van der Waals surface area contributed by atoms with Crippen LogP contribution in [-0.4, -0.2) is 29.3 Å². The first-order valence-electron chi connectivity index (χ1n) is 14.0. The van der Waals surface area contributed by atoms with Crippen LogP contribution in [0, 0.1) is 0 Å². The molecule has 2 N–H and O–H groups in total. The van der Waals surface area contributed by atoms with Crippen LogP contribution in [0.3, 0.4) is 0 Å². The molecule has 0 bridgehead atoms. The molecule has 2 aromatic rings. The van der Waals surface area contributed by atoms with E-state index >= 15 is 0 Å². The molecule has 2 aliphatic rings. The van der Waals surface area contributed by atoms with E-state index in [1.807, 2.05) is 26.0 Å². The summed E-state index contributed by atoms with van der Waals surface area (Å²) >= 11 is 0. The van der Waals surface area contributed by atoms with Gasteiger partial charge in [0.1, 0.15) is 5.75 Å². The summed E-state index contributed by atoms with van der Waals surface area (Å²) < 4.78 is 44.6. The van der Waals surface area contributed by atoms with Crippen LogP contribution in [0.5, 0.6) is 5.75 Å². The predicted molar refractivity (Wildman–Crippen MR) is 145 cm³/mol. The third kappa shape index (κ3) is 9.64. The second-order valence-corrected chi connectivity index (χ2v) is 10.9. The molecule has 0 aliphatic heterocycles. The van der Waals surface area contributed by atoms with E-state index < -0.39 is 23.8 Å². The molecule has 0 radical (unpaired) electrons. The van der Waals surface area contributed by atoms with Crippen LogP contribution in [0.2, 0.25) is 0 Å². The predicted octanol–water partition coefficient (Wildman–Crippen LogP) is 8.14. The van der Waals surface area contributed by atoms with Crippen LogP contribution >= 0.6 is 0 Å². The van der Waals surface area contributed by atoms with Crippen molar-refractivity contribution in [3.63, 3.8) is 0 Å². The Kier molecular flexibility index (Phi) is 11.5. The van der Waals surface area contributed by atoms with Crippen molar-refractivity contribution in [1.82, 2.24) is 5.32 Å². The van der Waals surface area contributed by atoms with Gasteiger partial charge in [0.2, 0.25) is 0 Å². The second-order valence-electron chi connectivity index (χ2n) is 10.9. The minimum absolute atomic E-state index is 0.110. The summed E-state index contributed by atoms with van der Waals surface area (Å²) in [7, 11) is 0. The number of halogens is 3. The summed E-state index contributed by atoms with van der Waals surface area (Å²) in [6, 6.07) is 13.5. The summed E-state index contributed by atoms with van der Waals surface area (Å²) in [5, 5.41) is 13.2. The number of nitrogens with one attached hydrogen (secondary N) is 1. The van der Waals surface area contributed by atoms with Gasteiger partial charge in [-0.25, -0.2) is 4.79 Å². The highest BCUT2D eigenvalue weighted by Crippen LogP contribution is 2.33. The van der Waals surface area contributed by atoms with E-state index in [0.717, 1.165) is 23.7 Å². The van der Waals surface area contributed by atoms with Gasteiger partial charge in [0.15, 0.2) is 6.10 Å². The van der Waals surface area contributed by atoms with Crippen LogP contribution in [0.25, 0.3) is 0 Å². The molecule has 0 saturated heterocycles. The number of benzene rings is 2. The first-order chi connectivity index (χ1) is 18.1. The van der Waals surface area contributed by atoms with E-state index in [0.29, 0.717) is 11.7 Å². The van der Waals surface area contributed by atoms with Gasteiger partial charge in [0.05, 0.1) is 5.56 Å². The number of aliphatic carboxylic acids is 1. The zero-order chi connectivity index (χ0) is 27.5. The van der Waals surface area contributed by atoms with Crippen LogP contribution in [0.1, 0.15) is 101 Å². The average molecular weight is 534 g/mol. The number of hydrogen-bond acceptors (Lipinski definition) is 3. The van der Waals surface area contributed by atoms with Gasteiger partial charge in [-0.1, -0.05) is 82.7 Å². The molecule has 1 unspecified atom stereocenters. The summed E-state index contributed by atoms with van der Waals surface area (Å²) in [5.41, 5.74) is 0.0999. The molecule has 2 aromatic carbocycles. The van der Waals surface area contributed by atoms with Gasteiger partial charge in [0.25, 0.3) is 0 Å². The molecular weight excluding hydrogens is 491 g/mol. The van der Waals surface area contributed by atoms with Gasteiger partial charge in [-0.2, -0.15) is 13.2 Å². The van der Waals surface area contributed by atoms with Crippen LogP contribution in [0.15, 0.2) is 48.5 Å². The highest BCUT2D eigenvalue weighted by molar-refractivity contribution is 5.73. The molecule has 38 heavy (non-hydrogen) atoms. The van der Waals surface area contributed by atoms with Crippen LogP contribution < -0.4 is 10.1 Å². The maximum Gasteiger partial charge on any atom is 0.416 e. The van der Waals surface area contributed by atoms with Crippen molar-refractivity contribution in [3.05, 3.63) is 65.2 Å². The smallest absolute Gasteiger partial charge is 0.416 e. The fraction of sp³-hybridized carbons (Fsp3) is 0.581. The zero-order valence-corrected chi connectivity index (χ0v) is 22.6. The summed E-state index contributed by atoms with van der Waals surface area (Å²) in [4.78, 5) is 11.4. The molecule has 7 heteroatoms. The molecule has 2 aliphatic carbocycles. The number of carbonyl (C=O) groups is 1. The molecule has 0 heterocycles. The fourth-order valence-electron chi connectivity index (χ4n) is 5.32. The Bertz CT molecular complexity index is 963. The Morgan fingerprint density at radius 2 is 1.42 bits per heavy atom. The summed E-state index contributed by atoms with van der Waals surface area (Å²) in [5.74, 6) is -0.700. The fourth-order valence-corrected chi connectivity index (χ4v) is 5.32. The standard InChI is InChI=1S/C19H19F3O3.C12H23N/c1-12(2)13-7-9-15(10-8-13)25-17(18(23)24)11-14-5-3-4-6-16(14)19(20,21)22;1-3-7-11(8-4-1)13-12-9-5-2-6-10-12/h3-10,12,17H,11H2,1-2H3,(H,23,24);11-13H,1-10H2. The van der Waals surface area contributed by atoms with E-state index in [2.05, 4.69) is 5.32 Å². The first kappa shape index (κ1) is 30.0. The van der Waals surface area contributed by atoms with Gasteiger partial charge < -0.3 is 15.2 Å². The minimum Gasteiger partial charge on any atom is -0.478 e. The average Bonchev–Trinajstić information content (AvgIpc) is 2.90. The third-order valence-corrected chi connectivity index (χ3v) is 7.51. The number of rotatable bonds is 8. The number of carboxylic acids is 1. The van der Waals surface area contributed by atoms with E-state index in [9.17, 15) is 23.1 Å². The molecule has 0 aromatic heterocycles. The van der Waals surface area contributed by atoms with Gasteiger partial charge in [0, 0.05) is 18.5 Å². The van der Waals surface area contributed by atoms with Crippen molar-refractivity contribution in [2.75, 3.05) is 0 Å². The Morgan fingerprint density at radius 3 is 1.89 bits per heavy atom. The van der Waals surface area contributed by atoms with Crippen molar-refractivity contribution in [3.8, 4) is 5.75 Å². The van der Waals surface area contributed by atoms with E-state index in [-0.39, 0.29) is 12.0 Å². The molecule has 0 spiro atoms. The number of hydrogen-bond donors (Lipinski definition) is 2. The molecule has 1 atom stereocenters. The van der Waals surface area contributed by atoms with Crippen LogP contribution in [-0.2, 0) is 17.4 Å². The molecular formula is C31H42F3NO3. The number of carboxylic acid groups (broad SMARTS) is 1. The lowest BCUT2D eigenvalue weighted by molar-refractivity contribution is -0.146. The van der Waals surface area contributed by atoms with Crippen molar-refractivity contribution < 1.29 is 27.8 Å². The van der Waals surface area contributed by atoms with Gasteiger partial charge in [-0.3, -0.25) is 0 Å². The third-order valence-electron chi connectivity index (χ3n) is 7.51. The maximum atomic E-state index is 13.1. The lowest BCUT2D eigenvalue weighted by Crippen LogP contribution is -2.40. The molecule has 2 saturated carbocycles. The maximum absolute atomic E-state index is 13.1. The monoisotopic (exact) mass is 533 g/mol. The lowest BCUT2D eigenvalue weighted by atomic mass is 9.91. The highest BCUT2D eigenvalue weighted by atomic mass is 19.4. The Balaban J connectivity index is 0.000000256. The van der Waals surface area contributed by atoms with Gasteiger partial charge >= 0.3 is 12.1 Å². The molecule has 210 valence electrons. The Hall–Kier alpha value is -2.54. The first-order valence-corrected chi connectivity index (χ1v) is 14.0. The normalized spacial score (nSPS) is 17.9. The number of alkyl halides is 3. The Morgan fingerprint density at radius 1 is 0.895 bits per heavy atom. The largest absolute Gasteiger partial charge is 0.478 e. The van der Waals surface area contributed by atoms with Crippen LogP contribution in [0.4, 0.5) is 13.2 Å². The zero-order valence-electron chi connectivity index (χ0n) is 22.6. The summed E-state index contributed by atoms with van der Waals surface area (Å²) in [6.07, 6.45) is 8.23. The second kappa shape index (κ2) is 14.6. The molecule has 0 amide bonds. The van der Waals surface area contributed by atoms with Gasteiger partial charge in [-0.15, -0.1) is 0 Å². The van der Waals surface area contributed by atoms with Crippen molar-refractivity contribution in [1.29, 1.82) is 0 Å². The van der Waals surface area contributed by atoms with E-state index in [4.69, 9.17) is 4.74 Å². The van der Waals surface area contributed by atoms with Crippen molar-refractivity contribution in [2.24, 2.45) is 0 Å².